The lowest BCUT2D eigenvalue weighted by Gasteiger charge is -2.14. The molecule has 0 bridgehead atoms. The first-order valence-electron chi connectivity index (χ1n) is 11.4. The number of nitrogens with one attached hydrogen (secondary N) is 2. The fourth-order valence-electron chi connectivity index (χ4n) is 4.03. The maximum Gasteiger partial charge on any atom is 0.336 e. The molecule has 0 fully saturated rings. The summed E-state index contributed by atoms with van der Waals surface area (Å²) in [6.07, 6.45) is 2.98. The molecule has 8 heteroatoms. The van der Waals surface area contributed by atoms with Crippen molar-refractivity contribution in [2.75, 3.05) is 10.6 Å². The number of rotatable bonds is 8. The Morgan fingerprint density at radius 1 is 0.579 bits per heavy atom. The van der Waals surface area contributed by atoms with Gasteiger partial charge in [0, 0.05) is 22.1 Å². The summed E-state index contributed by atoms with van der Waals surface area (Å²) in [4.78, 5) is 49.6. The number of hydrogen-bond acceptors (Lipinski definition) is 4. The molecule has 0 radical (unpaired) electrons. The number of amides is 2. The molecule has 0 aliphatic heterocycles. The van der Waals surface area contributed by atoms with Crippen molar-refractivity contribution in [1.29, 1.82) is 0 Å². The van der Waals surface area contributed by atoms with Crippen LogP contribution >= 0.6 is 0 Å². The normalized spacial score (nSPS) is 10.4. The number of anilines is 2. The second kappa shape index (κ2) is 10.6. The molecular formula is C30H22N2O6. The molecule has 0 saturated carbocycles. The summed E-state index contributed by atoms with van der Waals surface area (Å²) in [5, 5.41) is 25.8. The van der Waals surface area contributed by atoms with Crippen LogP contribution in [0, 0.1) is 0 Å². The van der Waals surface area contributed by atoms with E-state index in [1.165, 1.54) is 36.4 Å². The van der Waals surface area contributed by atoms with E-state index >= 15 is 0 Å². The lowest BCUT2D eigenvalue weighted by molar-refractivity contribution is 0.0683. The predicted octanol–water partition coefficient (Wildman–Crippen LogP) is 6.03. The second-order valence-corrected chi connectivity index (χ2v) is 8.24. The molecule has 38 heavy (non-hydrogen) atoms. The van der Waals surface area contributed by atoms with Gasteiger partial charge in [-0.2, -0.15) is 0 Å². The van der Waals surface area contributed by atoms with Gasteiger partial charge in [-0.05, 0) is 47.5 Å². The first-order chi connectivity index (χ1) is 18.2. The smallest absolute Gasteiger partial charge is 0.336 e. The van der Waals surface area contributed by atoms with E-state index in [9.17, 15) is 29.4 Å². The van der Waals surface area contributed by atoms with Crippen LogP contribution in [0.25, 0.3) is 22.9 Å². The Balaban J connectivity index is 1.68. The van der Waals surface area contributed by atoms with Crippen LogP contribution in [-0.2, 0) is 0 Å². The van der Waals surface area contributed by atoms with E-state index in [1.54, 1.807) is 48.5 Å². The Morgan fingerprint density at radius 2 is 0.974 bits per heavy atom. The van der Waals surface area contributed by atoms with E-state index in [2.05, 4.69) is 23.8 Å². The lowest BCUT2D eigenvalue weighted by Crippen LogP contribution is -2.17. The fourth-order valence-corrected chi connectivity index (χ4v) is 4.03. The third-order valence-electron chi connectivity index (χ3n) is 5.93. The SMILES string of the molecule is C=Cc1ccc(C(=O)Nc2cccc3c(NC(=O)c4ccc(C=C)cc4C(=O)O)cccc23)c(C(=O)O)c1. The molecule has 0 saturated heterocycles. The average Bonchev–Trinajstić information content (AvgIpc) is 2.92. The van der Waals surface area contributed by atoms with Gasteiger partial charge in [0.1, 0.15) is 0 Å². The molecule has 4 N–H and O–H groups in total. The van der Waals surface area contributed by atoms with Crippen molar-refractivity contribution in [2.24, 2.45) is 0 Å². The number of carbonyl (C=O) groups is 4. The molecule has 0 heterocycles. The lowest BCUT2D eigenvalue weighted by atomic mass is 10.0. The first-order valence-corrected chi connectivity index (χ1v) is 11.4. The molecule has 0 aliphatic carbocycles. The number of carboxylic acid groups (broad SMARTS) is 2. The van der Waals surface area contributed by atoms with Gasteiger partial charge in [-0.1, -0.05) is 61.7 Å². The van der Waals surface area contributed by atoms with Gasteiger partial charge in [-0.3, -0.25) is 9.59 Å². The molecular weight excluding hydrogens is 484 g/mol. The molecule has 4 aromatic carbocycles. The largest absolute Gasteiger partial charge is 0.478 e. The molecule has 0 aromatic heterocycles. The summed E-state index contributed by atoms with van der Waals surface area (Å²) in [6.45, 7) is 7.24. The van der Waals surface area contributed by atoms with Gasteiger partial charge in [0.15, 0.2) is 0 Å². The molecule has 0 aliphatic rings. The van der Waals surface area contributed by atoms with Crippen LogP contribution < -0.4 is 10.6 Å². The standard InChI is InChI=1S/C30H22N2O6/c1-3-17-11-13-21(23(15-17)29(35)36)27(33)31-25-9-5-8-20-19(25)7-6-10-26(20)32-28(34)22-14-12-18(4-2)16-24(22)30(37)38/h3-16H,1-2H2,(H,31,33)(H,32,34)(H,35,36)(H,37,38). The van der Waals surface area contributed by atoms with Crippen molar-refractivity contribution in [2.45, 2.75) is 0 Å². The van der Waals surface area contributed by atoms with E-state index in [4.69, 9.17) is 0 Å². The molecule has 188 valence electrons. The highest BCUT2D eigenvalue weighted by Gasteiger charge is 2.20. The minimum Gasteiger partial charge on any atom is -0.478 e. The zero-order chi connectivity index (χ0) is 27.4. The van der Waals surface area contributed by atoms with Gasteiger partial charge >= 0.3 is 11.9 Å². The van der Waals surface area contributed by atoms with E-state index in [-0.39, 0.29) is 22.3 Å². The van der Waals surface area contributed by atoms with Gasteiger partial charge in [-0.15, -0.1) is 0 Å². The molecule has 0 atom stereocenters. The van der Waals surface area contributed by atoms with Gasteiger partial charge in [-0.25, -0.2) is 9.59 Å². The predicted molar refractivity (Wildman–Crippen MR) is 147 cm³/mol. The van der Waals surface area contributed by atoms with Crippen molar-refractivity contribution in [3.8, 4) is 0 Å². The summed E-state index contributed by atoms with van der Waals surface area (Å²) in [5.41, 5.74) is 1.56. The third-order valence-corrected chi connectivity index (χ3v) is 5.93. The van der Waals surface area contributed by atoms with Gasteiger partial charge in [0.05, 0.1) is 22.3 Å². The van der Waals surface area contributed by atoms with E-state index < -0.39 is 23.8 Å². The number of hydrogen-bond donors (Lipinski definition) is 4. The average molecular weight is 507 g/mol. The van der Waals surface area contributed by atoms with Crippen molar-refractivity contribution in [1.82, 2.24) is 0 Å². The quantitative estimate of drug-likeness (QED) is 0.231. The van der Waals surface area contributed by atoms with Gasteiger partial charge < -0.3 is 20.8 Å². The summed E-state index contributed by atoms with van der Waals surface area (Å²) in [6, 6.07) is 18.9. The summed E-state index contributed by atoms with van der Waals surface area (Å²) < 4.78 is 0. The van der Waals surface area contributed by atoms with Crippen LogP contribution in [0.3, 0.4) is 0 Å². The van der Waals surface area contributed by atoms with Crippen LogP contribution in [0.4, 0.5) is 11.4 Å². The Labute approximate surface area is 217 Å². The molecule has 0 unspecified atom stereocenters. The third kappa shape index (κ3) is 5.05. The summed E-state index contributed by atoms with van der Waals surface area (Å²) in [7, 11) is 0. The summed E-state index contributed by atoms with van der Waals surface area (Å²) >= 11 is 0. The van der Waals surface area contributed by atoms with E-state index in [1.807, 2.05) is 0 Å². The minimum absolute atomic E-state index is 0.0197. The Hall–Kier alpha value is -5.50. The highest BCUT2D eigenvalue weighted by atomic mass is 16.4. The van der Waals surface area contributed by atoms with Crippen LogP contribution in [-0.4, -0.2) is 34.0 Å². The zero-order valence-electron chi connectivity index (χ0n) is 20.0. The molecule has 4 rings (SSSR count). The fraction of sp³-hybridized carbons (Fsp3) is 0. The molecule has 0 spiro atoms. The topological polar surface area (TPSA) is 133 Å². The monoisotopic (exact) mass is 506 g/mol. The zero-order valence-corrected chi connectivity index (χ0v) is 20.0. The number of benzene rings is 4. The van der Waals surface area contributed by atoms with E-state index in [0.29, 0.717) is 33.3 Å². The highest BCUT2D eigenvalue weighted by Crippen LogP contribution is 2.30. The van der Waals surface area contributed by atoms with Crippen LogP contribution in [0.2, 0.25) is 0 Å². The molecule has 4 aromatic rings. The molecule has 2 amide bonds. The number of aromatic carboxylic acids is 2. The maximum atomic E-state index is 13.1. The van der Waals surface area contributed by atoms with Crippen LogP contribution in [0.5, 0.6) is 0 Å². The van der Waals surface area contributed by atoms with Crippen molar-refractivity contribution >= 4 is 58.1 Å². The Bertz CT molecular complexity index is 1530. The minimum atomic E-state index is -1.25. The number of carboxylic acids is 2. The first kappa shape index (κ1) is 25.6. The summed E-state index contributed by atoms with van der Waals surface area (Å²) in [5.74, 6) is -3.73. The maximum absolute atomic E-state index is 13.1. The van der Waals surface area contributed by atoms with Crippen molar-refractivity contribution in [3.63, 3.8) is 0 Å². The number of fused-ring (bicyclic) bond motifs is 1. The van der Waals surface area contributed by atoms with Crippen molar-refractivity contribution < 1.29 is 29.4 Å². The Kier molecular flexibility index (Phi) is 7.16. The van der Waals surface area contributed by atoms with Crippen LogP contribution in [0.15, 0.2) is 86.0 Å². The molecule has 8 nitrogen and oxygen atoms in total. The van der Waals surface area contributed by atoms with Crippen molar-refractivity contribution in [3.05, 3.63) is 119 Å². The Morgan fingerprint density at radius 3 is 1.32 bits per heavy atom. The second-order valence-electron chi connectivity index (χ2n) is 8.24. The van der Waals surface area contributed by atoms with Gasteiger partial charge in [0.25, 0.3) is 11.8 Å². The highest BCUT2D eigenvalue weighted by molar-refractivity contribution is 6.17. The van der Waals surface area contributed by atoms with E-state index in [0.717, 1.165) is 0 Å². The number of carbonyl (C=O) groups excluding carboxylic acids is 2. The van der Waals surface area contributed by atoms with Gasteiger partial charge in [0.2, 0.25) is 0 Å². The van der Waals surface area contributed by atoms with Crippen LogP contribution in [0.1, 0.15) is 52.6 Å².